The lowest BCUT2D eigenvalue weighted by atomic mass is 10.5. The van der Waals surface area contributed by atoms with E-state index in [2.05, 4.69) is 0 Å². The zero-order chi connectivity index (χ0) is 6.24. The van der Waals surface area contributed by atoms with Gasteiger partial charge in [-0.3, -0.25) is 0 Å². The first-order chi connectivity index (χ1) is 3.91. The van der Waals surface area contributed by atoms with Crippen molar-refractivity contribution in [1.29, 1.82) is 0 Å². The number of aliphatic hydroxyl groups excluding tert-OH is 1. The third-order valence-corrected chi connectivity index (χ3v) is 0.687. The van der Waals surface area contributed by atoms with E-state index >= 15 is 0 Å². The second-order valence-electron chi connectivity index (χ2n) is 1.55. The molecule has 2 nitrogen and oxygen atoms in total. The maximum atomic E-state index is 8.25. The summed E-state index contributed by atoms with van der Waals surface area (Å²) in [5.74, 6) is 0. The minimum atomic E-state index is 0.184. The van der Waals surface area contributed by atoms with Crippen molar-refractivity contribution < 1.29 is 9.84 Å². The Labute approximate surface area is 50.5 Å². The van der Waals surface area contributed by atoms with E-state index in [1.807, 2.05) is 6.92 Å². The Bertz CT molecular complexity index is 31.5. The van der Waals surface area contributed by atoms with Crippen LogP contribution in [0.2, 0.25) is 0 Å². The molecular weight excluding hydrogens is 104 g/mol. The normalized spacial score (nSPS) is 9.75. The maximum absolute atomic E-state index is 8.25. The van der Waals surface area contributed by atoms with Crippen LogP contribution in [0.3, 0.4) is 0 Å². The molecule has 0 aromatic carbocycles. The van der Waals surface area contributed by atoms with Crippen LogP contribution >= 0.6 is 0 Å². The summed E-state index contributed by atoms with van der Waals surface area (Å²) in [6, 6.07) is 0. The van der Waals surface area contributed by atoms with Crippen molar-refractivity contribution >= 4 is 0 Å². The first kappa shape index (κ1) is 7.92. The molecule has 0 amide bonds. The molecule has 1 radical (unpaired) electrons. The molecule has 0 unspecified atom stereocenters. The Morgan fingerprint density at radius 2 is 2.38 bits per heavy atom. The van der Waals surface area contributed by atoms with Gasteiger partial charge >= 0.3 is 0 Å². The summed E-state index contributed by atoms with van der Waals surface area (Å²) in [5, 5.41) is 8.25. The molecule has 49 valence electrons. The fourth-order valence-electron chi connectivity index (χ4n) is 0.337. The zero-order valence-corrected chi connectivity index (χ0v) is 5.26. The SMILES string of the molecule is CCCO[CH]CCO. The van der Waals surface area contributed by atoms with Crippen LogP contribution in [0, 0.1) is 6.61 Å². The highest BCUT2D eigenvalue weighted by molar-refractivity contribution is 4.46. The quantitative estimate of drug-likeness (QED) is 0.543. The van der Waals surface area contributed by atoms with Crippen LogP contribution in [0.4, 0.5) is 0 Å². The maximum Gasteiger partial charge on any atom is 0.0859 e. The molecule has 0 heterocycles. The molecule has 8 heavy (non-hydrogen) atoms. The number of rotatable bonds is 5. The monoisotopic (exact) mass is 117 g/mol. The molecule has 0 aromatic rings. The fraction of sp³-hybridized carbons (Fsp3) is 0.833. The van der Waals surface area contributed by atoms with Crippen molar-refractivity contribution in [3.05, 3.63) is 6.61 Å². The molecule has 0 aromatic heterocycles. The standard InChI is InChI=1S/C6H13O2/c1-2-5-8-6-3-4-7/h6-7H,2-5H2,1H3. The predicted octanol–water partition coefficient (Wildman–Crippen LogP) is 0.957. The average Bonchev–Trinajstić information content (AvgIpc) is 1.81. The van der Waals surface area contributed by atoms with Crippen LogP contribution in [-0.4, -0.2) is 18.3 Å². The highest BCUT2D eigenvalue weighted by atomic mass is 16.5. The van der Waals surface area contributed by atoms with Crippen LogP contribution in [0.1, 0.15) is 19.8 Å². The van der Waals surface area contributed by atoms with Gasteiger partial charge in [-0.15, -0.1) is 0 Å². The van der Waals surface area contributed by atoms with Gasteiger partial charge in [0.2, 0.25) is 0 Å². The summed E-state index contributed by atoms with van der Waals surface area (Å²) in [6.07, 6.45) is 1.67. The van der Waals surface area contributed by atoms with Gasteiger partial charge in [0.05, 0.1) is 6.61 Å². The van der Waals surface area contributed by atoms with Crippen LogP contribution in [0.5, 0.6) is 0 Å². The molecule has 0 saturated heterocycles. The molecule has 0 aliphatic rings. The molecule has 0 aliphatic carbocycles. The van der Waals surface area contributed by atoms with E-state index in [1.54, 1.807) is 6.61 Å². The highest BCUT2D eigenvalue weighted by Crippen LogP contribution is 1.88. The molecule has 0 atom stereocenters. The Balaban J connectivity index is 2.53. The molecule has 0 fully saturated rings. The largest absolute Gasteiger partial charge is 0.396 e. The topological polar surface area (TPSA) is 29.5 Å². The van der Waals surface area contributed by atoms with Gasteiger partial charge in [0.25, 0.3) is 0 Å². The lowest BCUT2D eigenvalue weighted by molar-refractivity contribution is 0.173. The van der Waals surface area contributed by atoms with Gasteiger partial charge in [0.1, 0.15) is 0 Å². The number of hydrogen-bond acceptors (Lipinski definition) is 2. The van der Waals surface area contributed by atoms with Gasteiger partial charge in [0.15, 0.2) is 0 Å². The van der Waals surface area contributed by atoms with Crippen LogP contribution < -0.4 is 0 Å². The lowest BCUT2D eigenvalue weighted by Crippen LogP contribution is -1.91. The molecule has 0 aliphatic heterocycles. The molecule has 1 N–H and O–H groups in total. The third kappa shape index (κ3) is 5.92. The van der Waals surface area contributed by atoms with Crippen molar-refractivity contribution in [1.82, 2.24) is 0 Å². The smallest absolute Gasteiger partial charge is 0.0859 e. The molecular formula is C6H13O2. The predicted molar refractivity (Wildman–Crippen MR) is 32.2 cm³/mol. The molecule has 0 rings (SSSR count). The van der Waals surface area contributed by atoms with Crippen molar-refractivity contribution in [2.24, 2.45) is 0 Å². The average molecular weight is 117 g/mol. The van der Waals surface area contributed by atoms with Gasteiger partial charge < -0.3 is 9.84 Å². The van der Waals surface area contributed by atoms with E-state index in [1.165, 1.54) is 0 Å². The van der Waals surface area contributed by atoms with Gasteiger partial charge in [-0.1, -0.05) is 6.92 Å². The zero-order valence-electron chi connectivity index (χ0n) is 5.26. The van der Waals surface area contributed by atoms with Crippen molar-refractivity contribution in [3.8, 4) is 0 Å². The summed E-state index contributed by atoms with van der Waals surface area (Å²) in [4.78, 5) is 0. The van der Waals surface area contributed by atoms with E-state index in [4.69, 9.17) is 9.84 Å². The van der Waals surface area contributed by atoms with Crippen molar-refractivity contribution in [2.75, 3.05) is 13.2 Å². The number of hydrogen-bond donors (Lipinski definition) is 1. The lowest BCUT2D eigenvalue weighted by Gasteiger charge is -1.96. The summed E-state index contributed by atoms with van der Waals surface area (Å²) in [5.41, 5.74) is 0. The number of aliphatic hydroxyl groups is 1. The highest BCUT2D eigenvalue weighted by Gasteiger charge is 1.83. The Hall–Kier alpha value is -0.0800. The van der Waals surface area contributed by atoms with Crippen LogP contribution in [-0.2, 0) is 4.74 Å². The summed E-state index contributed by atoms with van der Waals surface area (Å²) < 4.78 is 4.94. The third-order valence-electron chi connectivity index (χ3n) is 0.687. The first-order valence-corrected chi connectivity index (χ1v) is 2.96. The Morgan fingerprint density at radius 3 is 2.88 bits per heavy atom. The number of ether oxygens (including phenoxy) is 1. The van der Waals surface area contributed by atoms with Crippen molar-refractivity contribution in [2.45, 2.75) is 19.8 Å². The second-order valence-corrected chi connectivity index (χ2v) is 1.55. The Morgan fingerprint density at radius 1 is 1.62 bits per heavy atom. The second kappa shape index (κ2) is 6.92. The summed E-state index contributed by atoms with van der Waals surface area (Å²) in [7, 11) is 0. The first-order valence-electron chi connectivity index (χ1n) is 2.96. The van der Waals surface area contributed by atoms with Crippen molar-refractivity contribution in [3.63, 3.8) is 0 Å². The van der Waals surface area contributed by atoms with E-state index in [0.717, 1.165) is 13.0 Å². The van der Waals surface area contributed by atoms with Gasteiger partial charge in [-0.05, 0) is 12.8 Å². The van der Waals surface area contributed by atoms with E-state index in [-0.39, 0.29) is 6.61 Å². The van der Waals surface area contributed by atoms with Crippen LogP contribution in [0.15, 0.2) is 0 Å². The molecule has 0 bridgehead atoms. The van der Waals surface area contributed by atoms with E-state index in [9.17, 15) is 0 Å². The van der Waals surface area contributed by atoms with E-state index < -0.39 is 0 Å². The fourth-order valence-corrected chi connectivity index (χ4v) is 0.337. The Kier molecular flexibility index (Phi) is 6.85. The minimum Gasteiger partial charge on any atom is -0.396 e. The molecule has 0 spiro atoms. The van der Waals surface area contributed by atoms with Gasteiger partial charge in [-0.2, -0.15) is 0 Å². The minimum absolute atomic E-state index is 0.184. The van der Waals surface area contributed by atoms with E-state index in [0.29, 0.717) is 6.42 Å². The molecule has 0 saturated carbocycles. The van der Waals surface area contributed by atoms with Gasteiger partial charge in [0, 0.05) is 13.2 Å². The van der Waals surface area contributed by atoms with Gasteiger partial charge in [-0.25, -0.2) is 0 Å². The van der Waals surface area contributed by atoms with Crippen LogP contribution in [0.25, 0.3) is 0 Å². The summed E-state index contributed by atoms with van der Waals surface area (Å²) in [6.45, 7) is 4.64. The molecule has 2 heteroatoms. The summed E-state index contributed by atoms with van der Waals surface area (Å²) >= 11 is 0.